The molecule has 0 saturated carbocycles. The zero-order valence-electron chi connectivity index (χ0n) is 9.54. The molecule has 4 heteroatoms. The van der Waals surface area contributed by atoms with Crippen LogP contribution in [-0.4, -0.2) is 12.6 Å². The molecule has 0 saturated heterocycles. The maximum atomic E-state index is 6.01. The zero-order chi connectivity index (χ0) is 12.1. The smallest absolute Gasteiger partial charge is 0.0732 e. The number of halogens is 2. The lowest BCUT2D eigenvalue weighted by molar-refractivity contribution is 0.0974. The Morgan fingerprint density at radius 3 is 2.56 bits per heavy atom. The first-order valence-corrected chi connectivity index (χ1v) is 6.03. The molecule has 1 atom stereocenters. The molecule has 0 bridgehead atoms. The molecule has 0 aliphatic rings. The van der Waals surface area contributed by atoms with E-state index < -0.39 is 0 Å². The van der Waals surface area contributed by atoms with Crippen molar-refractivity contribution in [3.8, 4) is 0 Å². The van der Waals surface area contributed by atoms with Gasteiger partial charge in [-0.1, -0.05) is 43.1 Å². The van der Waals surface area contributed by atoms with Crippen molar-refractivity contribution in [3.05, 3.63) is 33.8 Å². The molecular weight excluding hydrogens is 245 g/mol. The Labute approximate surface area is 107 Å². The van der Waals surface area contributed by atoms with Gasteiger partial charge < -0.3 is 10.5 Å². The molecule has 2 N–H and O–H groups in total. The van der Waals surface area contributed by atoms with Crippen molar-refractivity contribution < 1.29 is 4.74 Å². The van der Waals surface area contributed by atoms with E-state index in [4.69, 9.17) is 33.7 Å². The van der Waals surface area contributed by atoms with Crippen molar-refractivity contribution >= 4 is 23.2 Å². The Hall–Kier alpha value is -0.280. The van der Waals surface area contributed by atoms with Gasteiger partial charge in [-0.15, -0.1) is 0 Å². The van der Waals surface area contributed by atoms with Crippen molar-refractivity contribution in [1.29, 1.82) is 0 Å². The fraction of sp³-hybridized carbons (Fsp3) is 0.500. The van der Waals surface area contributed by atoms with Crippen LogP contribution in [0.15, 0.2) is 18.2 Å². The summed E-state index contributed by atoms with van der Waals surface area (Å²) >= 11 is 11.8. The Morgan fingerprint density at radius 2 is 2.00 bits per heavy atom. The number of nitrogens with two attached hydrogens (primary N) is 1. The fourth-order valence-corrected chi connectivity index (χ4v) is 1.60. The first-order chi connectivity index (χ1) is 7.50. The Kier molecular flexibility index (Phi) is 5.56. The molecule has 1 aromatic rings. The van der Waals surface area contributed by atoms with Crippen molar-refractivity contribution in [2.45, 2.75) is 26.5 Å². The predicted octanol–water partition coefficient (Wildman–Crippen LogP) is 3.49. The Bertz CT molecular complexity index is 342. The quantitative estimate of drug-likeness (QED) is 0.881. The molecule has 1 rings (SSSR count). The predicted molar refractivity (Wildman–Crippen MR) is 68.9 cm³/mol. The van der Waals surface area contributed by atoms with Gasteiger partial charge in [-0.2, -0.15) is 0 Å². The molecule has 0 unspecified atom stereocenters. The molecule has 0 spiro atoms. The van der Waals surface area contributed by atoms with E-state index in [1.54, 1.807) is 12.1 Å². The molecule has 0 aliphatic heterocycles. The lowest BCUT2D eigenvalue weighted by atomic mass is 10.1. The van der Waals surface area contributed by atoms with E-state index in [2.05, 4.69) is 13.8 Å². The summed E-state index contributed by atoms with van der Waals surface area (Å²) in [4.78, 5) is 0. The molecular formula is C12H17Cl2NO. The van der Waals surface area contributed by atoms with Gasteiger partial charge >= 0.3 is 0 Å². The van der Waals surface area contributed by atoms with Gasteiger partial charge in [0.2, 0.25) is 0 Å². The molecule has 0 fully saturated rings. The molecule has 1 aromatic carbocycles. The molecule has 0 aliphatic carbocycles. The Balaban J connectivity index is 2.43. The van der Waals surface area contributed by atoms with E-state index in [-0.39, 0.29) is 6.04 Å². The second kappa shape index (κ2) is 6.45. The number of hydrogen-bond donors (Lipinski definition) is 1. The molecule has 0 amide bonds. The fourth-order valence-electron chi connectivity index (χ4n) is 1.14. The average molecular weight is 262 g/mol. The first-order valence-electron chi connectivity index (χ1n) is 5.28. The molecule has 16 heavy (non-hydrogen) atoms. The monoisotopic (exact) mass is 261 g/mol. The van der Waals surface area contributed by atoms with Crippen LogP contribution < -0.4 is 5.73 Å². The normalized spacial score (nSPS) is 13.1. The summed E-state index contributed by atoms with van der Waals surface area (Å²) < 4.78 is 5.51. The molecule has 2 nitrogen and oxygen atoms in total. The zero-order valence-corrected chi connectivity index (χ0v) is 11.1. The van der Waals surface area contributed by atoms with Gasteiger partial charge in [-0.05, 0) is 23.6 Å². The molecule has 0 aromatic heterocycles. The number of ether oxygens (including phenoxy) is 1. The third kappa shape index (κ3) is 4.30. The molecule has 0 radical (unpaired) electrons. The van der Waals surface area contributed by atoms with Crippen molar-refractivity contribution in [2.75, 3.05) is 6.61 Å². The summed E-state index contributed by atoms with van der Waals surface area (Å²) in [5, 5.41) is 1.26. The molecule has 0 heterocycles. The van der Waals surface area contributed by atoms with Crippen LogP contribution in [-0.2, 0) is 11.3 Å². The van der Waals surface area contributed by atoms with Crippen LogP contribution in [0.3, 0.4) is 0 Å². The van der Waals surface area contributed by atoms with Gasteiger partial charge in [0, 0.05) is 16.1 Å². The highest BCUT2D eigenvalue weighted by atomic mass is 35.5. The van der Waals surface area contributed by atoms with Gasteiger partial charge in [0.15, 0.2) is 0 Å². The van der Waals surface area contributed by atoms with Crippen LogP contribution in [0.1, 0.15) is 19.4 Å². The van der Waals surface area contributed by atoms with Crippen LogP contribution in [0.2, 0.25) is 10.0 Å². The van der Waals surface area contributed by atoms with Crippen LogP contribution >= 0.6 is 23.2 Å². The summed E-state index contributed by atoms with van der Waals surface area (Å²) in [5.74, 6) is 0.417. The standard InChI is InChI=1S/C12H17Cl2NO/c1-8(2)12(15)7-16-6-9-3-4-10(13)5-11(9)14/h3-5,8,12H,6-7,15H2,1-2H3/t12-/m1/s1. The van der Waals surface area contributed by atoms with Crippen LogP contribution in [0.4, 0.5) is 0 Å². The minimum Gasteiger partial charge on any atom is -0.375 e. The van der Waals surface area contributed by atoms with Crippen molar-refractivity contribution in [1.82, 2.24) is 0 Å². The summed E-state index contributed by atoms with van der Waals surface area (Å²) in [6, 6.07) is 5.44. The number of benzene rings is 1. The maximum Gasteiger partial charge on any atom is 0.0732 e. The summed E-state index contributed by atoms with van der Waals surface area (Å²) in [6.07, 6.45) is 0. The average Bonchev–Trinajstić information content (AvgIpc) is 2.20. The van der Waals surface area contributed by atoms with E-state index in [1.165, 1.54) is 0 Å². The van der Waals surface area contributed by atoms with Crippen LogP contribution in [0.25, 0.3) is 0 Å². The lowest BCUT2D eigenvalue weighted by Crippen LogP contribution is -2.31. The molecule has 90 valence electrons. The Morgan fingerprint density at radius 1 is 1.31 bits per heavy atom. The first kappa shape index (κ1) is 13.8. The van der Waals surface area contributed by atoms with E-state index in [1.807, 2.05) is 6.07 Å². The van der Waals surface area contributed by atoms with Crippen LogP contribution in [0, 0.1) is 5.92 Å². The maximum absolute atomic E-state index is 6.01. The van der Waals surface area contributed by atoms with Gasteiger partial charge in [0.25, 0.3) is 0 Å². The minimum atomic E-state index is 0.0612. The highest BCUT2D eigenvalue weighted by Crippen LogP contribution is 2.21. The number of hydrogen-bond acceptors (Lipinski definition) is 2. The van der Waals surface area contributed by atoms with E-state index in [9.17, 15) is 0 Å². The second-order valence-electron chi connectivity index (χ2n) is 4.16. The summed E-state index contributed by atoms with van der Waals surface area (Å²) in [7, 11) is 0. The topological polar surface area (TPSA) is 35.2 Å². The minimum absolute atomic E-state index is 0.0612. The van der Waals surface area contributed by atoms with Gasteiger partial charge in [-0.25, -0.2) is 0 Å². The highest BCUT2D eigenvalue weighted by molar-refractivity contribution is 6.35. The summed E-state index contributed by atoms with van der Waals surface area (Å²) in [6.45, 7) is 5.15. The van der Waals surface area contributed by atoms with Gasteiger partial charge in [-0.3, -0.25) is 0 Å². The van der Waals surface area contributed by atoms with E-state index >= 15 is 0 Å². The highest BCUT2D eigenvalue weighted by Gasteiger charge is 2.08. The second-order valence-corrected chi connectivity index (χ2v) is 5.00. The van der Waals surface area contributed by atoms with Crippen molar-refractivity contribution in [3.63, 3.8) is 0 Å². The number of rotatable bonds is 5. The SMILES string of the molecule is CC(C)[C@H](N)COCc1ccc(Cl)cc1Cl. The summed E-state index contributed by atoms with van der Waals surface area (Å²) in [5.41, 5.74) is 6.80. The van der Waals surface area contributed by atoms with Crippen LogP contribution in [0.5, 0.6) is 0 Å². The van der Waals surface area contributed by atoms with Crippen molar-refractivity contribution in [2.24, 2.45) is 11.7 Å². The lowest BCUT2D eigenvalue weighted by Gasteiger charge is -2.15. The van der Waals surface area contributed by atoms with Gasteiger partial charge in [0.1, 0.15) is 0 Å². The van der Waals surface area contributed by atoms with E-state index in [0.29, 0.717) is 29.2 Å². The van der Waals surface area contributed by atoms with E-state index in [0.717, 1.165) is 5.56 Å². The third-order valence-corrected chi connectivity index (χ3v) is 3.03. The largest absolute Gasteiger partial charge is 0.375 e. The van der Waals surface area contributed by atoms with Gasteiger partial charge in [0.05, 0.1) is 13.2 Å². The third-order valence-electron chi connectivity index (χ3n) is 2.44.